The van der Waals surface area contributed by atoms with Crippen molar-refractivity contribution in [2.45, 2.75) is 31.6 Å². The minimum atomic E-state index is -0.385. The SMILES string of the molecule is COc1cc2c(cc1F)nc(CCCl)n2CCC(C)SC. The van der Waals surface area contributed by atoms with E-state index in [-0.39, 0.29) is 11.6 Å². The Hall–Kier alpha value is -0.940. The highest BCUT2D eigenvalue weighted by molar-refractivity contribution is 7.99. The molecular formula is C15H20ClFN2OS. The molecular weight excluding hydrogens is 311 g/mol. The monoisotopic (exact) mass is 330 g/mol. The van der Waals surface area contributed by atoms with Gasteiger partial charge in [-0.3, -0.25) is 0 Å². The lowest BCUT2D eigenvalue weighted by Gasteiger charge is -2.12. The molecule has 1 aromatic heterocycles. The number of nitrogens with zero attached hydrogens (tertiary/aromatic N) is 2. The van der Waals surface area contributed by atoms with Gasteiger partial charge in [0.2, 0.25) is 0 Å². The Kier molecular flexibility index (Phi) is 5.76. The number of alkyl halides is 1. The Balaban J connectivity index is 2.44. The molecule has 0 N–H and O–H groups in total. The van der Waals surface area contributed by atoms with Crippen LogP contribution >= 0.6 is 23.4 Å². The first-order valence-corrected chi connectivity index (χ1v) is 8.74. The summed E-state index contributed by atoms with van der Waals surface area (Å²) in [6.07, 6.45) is 3.81. The van der Waals surface area contributed by atoms with Gasteiger partial charge < -0.3 is 9.30 Å². The van der Waals surface area contributed by atoms with Gasteiger partial charge in [0.25, 0.3) is 0 Å². The summed E-state index contributed by atoms with van der Waals surface area (Å²) < 4.78 is 21.0. The average molecular weight is 331 g/mol. The van der Waals surface area contributed by atoms with Crippen LogP contribution in [0.25, 0.3) is 11.0 Å². The molecule has 1 aromatic carbocycles. The summed E-state index contributed by atoms with van der Waals surface area (Å²) in [6.45, 7) is 3.05. The third kappa shape index (κ3) is 3.64. The van der Waals surface area contributed by atoms with Crippen LogP contribution in [0.1, 0.15) is 19.2 Å². The van der Waals surface area contributed by atoms with Crippen LogP contribution in [0, 0.1) is 5.82 Å². The number of hydrogen-bond acceptors (Lipinski definition) is 3. The van der Waals surface area contributed by atoms with Crippen molar-refractivity contribution in [3.05, 3.63) is 23.8 Å². The first-order chi connectivity index (χ1) is 10.1. The molecule has 0 aliphatic carbocycles. The highest BCUT2D eigenvalue weighted by Crippen LogP contribution is 2.26. The Morgan fingerprint density at radius 2 is 2.24 bits per heavy atom. The summed E-state index contributed by atoms with van der Waals surface area (Å²) in [5.74, 6) is 1.27. The topological polar surface area (TPSA) is 27.1 Å². The van der Waals surface area contributed by atoms with Gasteiger partial charge in [-0.25, -0.2) is 9.37 Å². The van der Waals surface area contributed by atoms with Crippen molar-refractivity contribution in [2.24, 2.45) is 0 Å². The lowest BCUT2D eigenvalue weighted by molar-refractivity contribution is 0.387. The molecule has 6 heteroatoms. The number of aromatic nitrogens is 2. The number of hydrogen-bond donors (Lipinski definition) is 0. The Morgan fingerprint density at radius 1 is 1.48 bits per heavy atom. The van der Waals surface area contributed by atoms with Crippen molar-refractivity contribution >= 4 is 34.4 Å². The van der Waals surface area contributed by atoms with Crippen LogP contribution in [0.4, 0.5) is 4.39 Å². The van der Waals surface area contributed by atoms with Crippen LogP contribution < -0.4 is 4.74 Å². The third-order valence-corrected chi connectivity index (χ3v) is 4.81. The van der Waals surface area contributed by atoms with E-state index in [0.29, 0.717) is 23.1 Å². The first-order valence-electron chi connectivity index (χ1n) is 6.92. The summed E-state index contributed by atoms with van der Waals surface area (Å²) in [5.41, 5.74) is 1.56. The molecule has 0 radical (unpaired) electrons. The predicted octanol–water partition coefficient (Wildman–Crippen LogP) is 4.11. The van der Waals surface area contributed by atoms with Gasteiger partial charge in [0.1, 0.15) is 5.82 Å². The number of aryl methyl sites for hydroxylation is 2. The van der Waals surface area contributed by atoms with Crippen LogP contribution in [-0.2, 0) is 13.0 Å². The van der Waals surface area contributed by atoms with Crippen LogP contribution in [0.2, 0.25) is 0 Å². The lowest BCUT2D eigenvalue weighted by Crippen LogP contribution is -2.09. The maximum absolute atomic E-state index is 13.8. The summed E-state index contributed by atoms with van der Waals surface area (Å²) in [7, 11) is 1.47. The van der Waals surface area contributed by atoms with E-state index < -0.39 is 0 Å². The fourth-order valence-electron chi connectivity index (χ4n) is 2.29. The largest absolute Gasteiger partial charge is 0.494 e. The fourth-order valence-corrected chi connectivity index (χ4v) is 2.80. The molecule has 0 amide bonds. The van der Waals surface area contributed by atoms with E-state index in [9.17, 15) is 4.39 Å². The number of ether oxygens (including phenoxy) is 1. The van der Waals surface area contributed by atoms with Crippen LogP contribution in [0.5, 0.6) is 5.75 Å². The molecule has 2 rings (SSSR count). The molecule has 2 aromatic rings. The number of rotatable bonds is 7. The molecule has 21 heavy (non-hydrogen) atoms. The summed E-state index contributed by atoms with van der Waals surface area (Å²) in [6, 6.07) is 3.15. The molecule has 1 unspecified atom stereocenters. The molecule has 0 saturated heterocycles. The van der Waals surface area contributed by atoms with Gasteiger partial charge in [0.05, 0.1) is 18.1 Å². The molecule has 1 atom stereocenters. The zero-order valence-corrected chi connectivity index (χ0v) is 14.1. The van der Waals surface area contributed by atoms with E-state index in [4.69, 9.17) is 16.3 Å². The number of thioether (sulfide) groups is 1. The number of methoxy groups -OCH3 is 1. The van der Waals surface area contributed by atoms with E-state index in [1.165, 1.54) is 13.2 Å². The van der Waals surface area contributed by atoms with E-state index in [2.05, 4.69) is 22.7 Å². The summed E-state index contributed by atoms with van der Waals surface area (Å²) in [5, 5.41) is 0.564. The van der Waals surface area contributed by atoms with Crippen molar-refractivity contribution in [3.8, 4) is 5.75 Å². The van der Waals surface area contributed by atoms with Crippen LogP contribution in [0.15, 0.2) is 12.1 Å². The van der Waals surface area contributed by atoms with E-state index in [1.807, 2.05) is 11.8 Å². The molecule has 3 nitrogen and oxygen atoms in total. The van der Waals surface area contributed by atoms with Gasteiger partial charge in [-0.2, -0.15) is 11.8 Å². The van der Waals surface area contributed by atoms with Gasteiger partial charge in [-0.15, -0.1) is 11.6 Å². The quantitative estimate of drug-likeness (QED) is 0.715. The Labute approximate surface area is 133 Å². The van der Waals surface area contributed by atoms with Gasteiger partial charge >= 0.3 is 0 Å². The predicted molar refractivity (Wildman–Crippen MR) is 88.3 cm³/mol. The second-order valence-corrected chi connectivity index (χ2v) is 6.58. The second-order valence-electron chi connectivity index (χ2n) is 4.93. The molecule has 0 fully saturated rings. The zero-order valence-electron chi connectivity index (χ0n) is 12.5. The average Bonchev–Trinajstić information content (AvgIpc) is 2.80. The third-order valence-electron chi connectivity index (χ3n) is 3.58. The molecule has 0 spiro atoms. The fraction of sp³-hybridized carbons (Fsp3) is 0.533. The first kappa shape index (κ1) is 16.4. The Morgan fingerprint density at radius 3 is 2.86 bits per heavy atom. The lowest BCUT2D eigenvalue weighted by atomic mass is 10.2. The number of imidazole rings is 1. The molecule has 0 bridgehead atoms. The highest BCUT2D eigenvalue weighted by atomic mass is 35.5. The molecule has 0 saturated carbocycles. The van der Waals surface area contributed by atoms with Crippen molar-refractivity contribution in [1.29, 1.82) is 0 Å². The van der Waals surface area contributed by atoms with Crippen molar-refractivity contribution in [2.75, 3.05) is 19.2 Å². The maximum atomic E-state index is 13.8. The van der Waals surface area contributed by atoms with Gasteiger partial charge in [0.15, 0.2) is 11.6 Å². The van der Waals surface area contributed by atoms with Gasteiger partial charge in [-0.1, -0.05) is 6.92 Å². The number of halogens is 2. The zero-order chi connectivity index (χ0) is 15.4. The van der Waals surface area contributed by atoms with E-state index >= 15 is 0 Å². The van der Waals surface area contributed by atoms with Crippen LogP contribution in [-0.4, -0.2) is 34.0 Å². The molecule has 1 heterocycles. The standard InChI is InChI=1S/C15H20ClFN2OS/c1-10(21-3)5-7-19-13-9-14(20-2)11(17)8-12(13)18-15(19)4-6-16/h8-10H,4-7H2,1-3H3. The molecule has 0 aliphatic heterocycles. The number of fused-ring (bicyclic) bond motifs is 1. The maximum Gasteiger partial charge on any atom is 0.167 e. The number of benzene rings is 1. The van der Waals surface area contributed by atoms with Crippen molar-refractivity contribution < 1.29 is 9.13 Å². The smallest absolute Gasteiger partial charge is 0.167 e. The second kappa shape index (κ2) is 7.36. The molecule has 0 aliphatic rings. The van der Waals surface area contributed by atoms with Crippen molar-refractivity contribution in [1.82, 2.24) is 9.55 Å². The summed E-state index contributed by atoms with van der Waals surface area (Å²) in [4.78, 5) is 4.52. The minimum absolute atomic E-state index is 0.249. The summed E-state index contributed by atoms with van der Waals surface area (Å²) >= 11 is 7.70. The minimum Gasteiger partial charge on any atom is -0.494 e. The normalized spacial score (nSPS) is 12.8. The highest BCUT2D eigenvalue weighted by Gasteiger charge is 2.15. The van der Waals surface area contributed by atoms with E-state index in [1.54, 1.807) is 6.07 Å². The van der Waals surface area contributed by atoms with Crippen LogP contribution in [0.3, 0.4) is 0 Å². The molecule has 116 valence electrons. The van der Waals surface area contributed by atoms with Gasteiger partial charge in [0, 0.05) is 36.2 Å². The van der Waals surface area contributed by atoms with Gasteiger partial charge in [-0.05, 0) is 12.7 Å². The Bertz CT molecular complexity index is 617. The van der Waals surface area contributed by atoms with Crippen molar-refractivity contribution in [3.63, 3.8) is 0 Å². The van der Waals surface area contributed by atoms with E-state index in [0.717, 1.165) is 24.3 Å².